The second kappa shape index (κ2) is 3.69. The van der Waals surface area contributed by atoms with Crippen molar-refractivity contribution in [2.75, 3.05) is 5.73 Å². The Bertz CT molecular complexity index is 594. The van der Waals surface area contributed by atoms with Crippen LogP contribution in [0.1, 0.15) is 24.0 Å². The van der Waals surface area contributed by atoms with Crippen molar-refractivity contribution in [1.82, 2.24) is 0 Å². The summed E-state index contributed by atoms with van der Waals surface area (Å²) in [5.74, 6) is 0. The second-order valence-electron chi connectivity index (χ2n) is 4.09. The smallest absolute Gasteiger partial charge is 0.263 e. The molecule has 17 heavy (non-hydrogen) atoms. The molecule has 4 N–H and O–H groups in total. The van der Waals surface area contributed by atoms with E-state index in [0.29, 0.717) is 18.4 Å². The van der Waals surface area contributed by atoms with Crippen LogP contribution in [-0.2, 0) is 14.7 Å². The predicted octanol–water partition coefficient (Wildman–Crippen LogP) is 1.18. The molecule has 0 unspecified atom stereocenters. The summed E-state index contributed by atoms with van der Waals surface area (Å²) in [4.78, 5) is -0.254. The number of anilines is 1. The van der Waals surface area contributed by atoms with E-state index >= 15 is 0 Å². The molecule has 0 bridgehead atoms. The van der Waals surface area contributed by atoms with Gasteiger partial charge in [-0.25, -0.2) is 8.42 Å². The highest BCUT2D eigenvalue weighted by Gasteiger charge is 2.43. The molecule has 5 nitrogen and oxygen atoms in total. The zero-order valence-corrected chi connectivity index (χ0v) is 10.3. The molecule has 92 valence electrons. The minimum absolute atomic E-state index is 0.0667. The fraction of sp³-hybridized carbons (Fsp3) is 0.300. The number of halogens is 1. The van der Waals surface area contributed by atoms with Crippen molar-refractivity contribution in [3.63, 3.8) is 0 Å². The van der Waals surface area contributed by atoms with Crippen LogP contribution < -0.4 is 5.73 Å². The highest BCUT2D eigenvalue weighted by atomic mass is 35.7. The van der Waals surface area contributed by atoms with Gasteiger partial charge in [0.2, 0.25) is 0 Å². The van der Waals surface area contributed by atoms with E-state index in [0.717, 1.165) is 6.21 Å². The van der Waals surface area contributed by atoms with E-state index in [9.17, 15) is 13.5 Å². The van der Waals surface area contributed by atoms with Crippen LogP contribution in [0.2, 0.25) is 0 Å². The molecule has 0 aromatic heterocycles. The Morgan fingerprint density at radius 2 is 2.06 bits per heavy atom. The number of rotatable bonds is 3. The highest BCUT2D eigenvalue weighted by Crippen LogP contribution is 2.46. The van der Waals surface area contributed by atoms with Crippen LogP contribution in [0.25, 0.3) is 0 Å². The Balaban J connectivity index is 2.71. The number of hydrogen-bond donors (Lipinski definition) is 3. The van der Waals surface area contributed by atoms with Gasteiger partial charge in [0, 0.05) is 22.5 Å². The molecule has 0 aliphatic heterocycles. The molecule has 1 aliphatic rings. The number of aliphatic hydroxyl groups is 1. The first-order valence-electron chi connectivity index (χ1n) is 4.89. The average molecular weight is 275 g/mol. The van der Waals surface area contributed by atoms with Crippen LogP contribution in [-0.4, -0.2) is 19.7 Å². The SMILES string of the molecule is N=Cc1cc(C2(O)CC2)cc(S(=O)(=O)Cl)c1N. The van der Waals surface area contributed by atoms with Gasteiger partial charge in [-0.1, -0.05) is 0 Å². The van der Waals surface area contributed by atoms with E-state index in [4.69, 9.17) is 21.8 Å². The Labute approximate surface area is 103 Å². The third-order valence-corrected chi connectivity index (χ3v) is 4.22. The summed E-state index contributed by atoms with van der Waals surface area (Å²) in [5, 5.41) is 17.1. The zero-order valence-electron chi connectivity index (χ0n) is 8.77. The molecule has 1 saturated carbocycles. The molecular weight excluding hydrogens is 264 g/mol. The molecule has 2 rings (SSSR count). The van der Waals surface area contributed by atoms with E-state index in [1.165, 1.54) is 12.1 Å². The van der Waals surface area contributed by atoms with Gasteiger partial charge in [-0.3, -0.25) is 0 Å². The lowest BCUT2D eigenvalue weighted by Crippen LogP contribution is -2.10. The molecular formula is C10H11ClN2O3S. The highest BCUT2D eigenvalue weighted by molar-refractivity contribution is 8.13. The fourth-order valence-corrected chi connectivity index (χ4v) is 2.68. The normalized spacial score (nSPS) is 17.8. The van der Waals surface area contributed by atoms with E-state index in [1.807, 2.05) is 0 Å². The van der Waals surface area contributed by atoms with Gasteiger partial charge in [-0.05, 0) is 30.5 Å². The Kier molecular flexibility index (Phi) is 2.68. The molecule has 0 saturated heterocycles. The summed E-state index contributed by atoms with van der Waals surface area (Å²) in [7, 11) is 1.28. The van der Waals surface area contributed by atoms with Gasteiger partial charge in [0.15, 0.2) is 0 Å². The van der Waals surface area contributed by atoms with Gasteiger partial charge in [-0.15, -0.1) is 0 Å². The van der Waals surface area contributed by atoms with E-state index in [-0.39, 0.29) is 16.1 Å². The second-order valence-corrected chi connectivity index (χ2v) is 6.63. The summed E-state index contributed by atoms with van der Waals surface area (Å²) >= 11 is 0. The minimum atomic E-state index is -3.99. The van der Waals surface area contributed by atoms with Gasteiger partial charge in [-0.2, -0.15) is 0 Å². The van der Waals surface area contributed by atoms with Crippen molar-refractivity contribution >= 4 is 31.6 Å². The molecule has 0 radical (unpaired) electrons. The first kappa shape index (κ1) is 12.3. The Morgan fingerprint density at radius 1 is 1.47 bits per heavy atom. The predicted molar refractivity (Wildman–Crippen MR) is 64.9 cm³/mol. The Morgan fingerprint density at radius 3 is 2.47 bits per heavy atom. The van der Waals surface area contributed by atoms with Crippen molar-refractivity contribution in [3.05, 3.63) is 23.3 Å². The number of nitrogen functional groups attached to an aromatic ring is 1. The molecule has 1 aliphatic carbocycles. The Hall–Kier alpha value is -1.11. The van der Waals surface area contributed by atoms with E-state index in [1.54, 1.807) is 0 Å². The summed E-state index contributed by atoms with van der Waals surface area (Å²) in [6.07, 6.45) is 2.07. The van der Waals surface area contributed by atoms with Crippen LogP contribution in [0.5, 0.6) is 0 Å². The van der Waals surface area contributed by atoms with Gasteiger partial charge in [0.05, 0.1) is 11.3 Å². The molecule has 7 heteroatoms. The number of nitrogens with one attached hydrogen (secondary N) is 1. The summed E-state index contributed by atoms with van der Waals surface area (Å²) in [5.41, 5.74) is 5.22. The first-order chi connectivity index (χ1) is 7.78. The molecule has 1 aromatic rings. The quantitative estimate of drug-likeness (QED) is 0.437. The van der Waals surface area contributed by atoms with Crippen molar-refractivity contribution in [2.24, 2.45) is 0 Å². The monoisotopic (exact) mass is 274 g/mol. The average Bonchev–Trinajstić information content (AvgIpc) is 2.96. The van der Waals surface area contributed by atoms with Crippen molar-refractivity contribution in [1.29, 1.82) is 5.41 Å². The van der Waals surface area contributed by atoms with Crippen LogP contribution in [0, 0.1) is 5.41 Å². The van der Waals surface area contributed by atoms with Gasteiger partial charge >= 0.3 is 0 Å². The van der Waals surface area contributed by atoms with Gasteiger partial charge in [0.1, 0.15) is 4.90 Å². The molecule has 1 fully saturated rings. The largest absolute Gasteiger partial charge is 0.397 e. The van der Waals surface area contributed by atoms with Crippen LogP contribution >= 0.6 is 10.7 Å². The number of benzene rings is 1. The number of hydrogen-bond acceptors (Lipinski definition) is 5. The van der Waals surface area contributed by atoms with Crippen LogP contribution in [0.3, 0.4) is 0 Å². The fourth-order valence-electron chi connectivity index (χ4n) is 1.65. The maximum atomic E-state index is 11.4. The molecule has 0 spiro atoms. The number of nitrogens with two attached hydrogens (primary N) is 1. The molecule has 0 atom stereocenters. The van der Waals surface area contributed by atoms with E-state index in [2.05, 4.69) is 0 Å². The summed E-state index contributed by atoms with van der Waals surface area (Å²) in [6.45, 7) is 0. The van der Waals surface area contributed by atoms with E-state index < -0.39 is 14.7 Å². The lowest BCUT2D eigenvalue weighted by atomic mass is 10.0. The van der Waals surface area contributed by atoms with Gasteiger partial charge < -0.3 is 16.2 Å². The van der Waals surface area contributed by atoms with Crippen LogP contribution in [0.4, 0.5) is 5.69 Å². The third-order valence-electron chi connectivity index (χ3n) is 2.85. The third kappa shape index (κ3) is 2.15. The maximum absolute atomic E-state index is 11.4. The lowest BCUT2D eigenvalue weighted by Gasteiger charge is -2.13. The maximum Gasteiger partial charge on any atom is 0.263 e. The van der Waals surface area contributed by atoms with Crippen LogP contribution in [0.15, 0.2) is 17.0 Å². The summed E-state index contributed by atoms with van der Waals surface area (Å²) in [6, 6.07) is 2.79. The summed E-state index contributed by atoms with van der Waals surface area (Å²) < 4.78 is 22.7. The van der Waals surface area contributed by atoms with Crippen molar-refractivity contribution in [2.45, 2.75) is 23.3 Å². The molecule has 0 amide bonds. The van der Waals surface area contributed by atoms with Gasteiger partial charge in [0.25, 0.3) is 9.05 Å². The standard InChI is InChI=1S/C10H11ClN2O3S/c11-17(15,16)8-4-7(10(14)1-2-10)3-6(5-12)9(8)13/h3-5,12,14H,1-2,13H2. The van der Waals surface area contributed by atoms with Crippen molar-refractivity contribution < 1.29 is 13.5 Å². The topological polar surface area (TPSA) is 104 Å². The van der Waals surface area contributed by atoms with Crippen molar-refractivity contribution in [3.8, 4) is 0 Å². The lowest BCUT2D eigenvalue weighted by molar-refractivity contribution is 0.151. The molecule has 0 heterocycles. The first-order valence-corrected chi connectivity index (χ1v) is 7.20. The minimum Gasteiger partial charge on any atom is -0.397 e. The molecule has 1 aromatic carbocycles. The zero-order chi connectivity index (χ0) is 12.8.